The van der Waals surface area contributed by atoms with E-state index in [4.69, 9.17) is 0 Å². The van der Waals surface area contributed by atoms with Gasteiger partial charge in [-0.15, -0.1) is 0 Å². The Hall–Kier alpha value is -1.77. The Balaban J connectivity index is 2.85. The molecule has 0 heterocycles. The predicted octanol–water partition coefficient (Wildman–Crippen LogP) is 2.13. The van der Waals surface area contributed by atoms with Crippen LogP contribution in [0.25, 0.3) is 0 Å². The molecule has 1 aromatic rings. The third-order valence-electron chi connectivity index (χ3n) is 1.76. The van der Waals surface area contributed by atoms with E-state index in [0.717, 1.165) is 17.5 Å². The van der Waals surface area contributed by atoms with Crippen molar-refractivity contribution < 1.29 is 9.90 Å². The van der Waals surface area contributed by atoms with Crippen LogP contribution in [0.3, 0.4) is 0 Å². The van der Waals surface area contributed by atoms with Crippen LogP contribution in [-0.2, 0) is 16.3 Å². The molecule has 3 heteroatoms. The van der Waals surface area contributed by atoms with Gasteiger partial charge in [0.1, 0.15) is 6.26 Å². The van der Waals surface area contributed by atoms with Gasteiger partial charge in [-0.25, -0.2) is 0 Å². The van der Waals surface area contributed by atoms with Crippen molar-refractivity contribution in [2.45, 2.75) is 13.3 Å². The van der Waals surface area contributed by atoms with Gasteiger partial charge < -0.3 is 5.32 Å². The molecule has 1 radical (unpaired) electrons. The van der Waals surface area contributed by atoms with Gasteiger partial charge in [-0.3, -0.25) is 9.90 Å². The smallest absolute Gasteiger partial charge is 0.221 e. The SMILES string of the molecule is CC(=O)Nc1ccccc1CC=C[O]. The average molecular weight is 190 g/mol. The lowest BCUT2D eigenvalue weighted by molar-refractivity contribution is -0.114. The van der Waals surface area contributed by atoms with Gasteiger partial charge in [0, 0.05) is 12.6 Å². The minimum atomic E-state index is -0.108. The van der Waals surface area contributed by atoms with E-state index in [0.29, 0.717) is 6.42 Å². The second-order valence-corrected chi connectivity index (χ2v) is 2.91. The van der Waals surface area contributed by atoms with Crippen molar-refractivity contribution in [2.24, 2.45) is 0 Å². The Bertz CT molecular complexity index is 345. The highest BCUT2D eigenvalue weighted by molar-refractivity contribution is 5.89. The molecule has 0 aliphatic rings. The van der Waals surface area contributed by atoms with Gasteiger partial charge in [-0.2, -0.15) is 0 Å². The summed E-state index contributed by atoms with van der Waals surface area (Å²) < 4.78 is 0. The first-order valence-electron chi connectivity index (χ1n) is 4.36. The minimum absolute atomic E-state index is 0.108. The summed E-state index contributed by atoms with van der Waals surface area (Å²) >= 11 is 0. The molecule has 73 valence electrons. The number of hydrogen-bond donors (Lipinski definition) is 1. The molecule has 14 heavy (non-hydrogen) atoms. The van der Waals surface area contributed by atoms with Crippen LogP contribution >= 0.6 is 0 Å². The Morgan fingerprint density at radius 1 is 1.43 bits per heavy atom. The first-order chi connectivity index (χ1) is 6.74. The molecule has 1 aromatic carbocycles. The number of rotatable bonds is 3. The highest BCUT2D eigenvalue weighted by Crippen LogP contribution is 2.15. The Morgan fingerprint density at radius 2 is 2.14 bits per heavy atom. The molecular formula is C11H12NO2. The summed E-state index contributed by atoms with van der Waals surface area (Å²) in [6.45, 7) is 1.46. The lowest BCUT2D eigenvalue weighted by atomic mass is 10.1. The molecule has 0 aliphatic heterocycles. The third-order valence-corrected chi connectivity index (χ3v) is 1.76. The Labute approximate surface area is 83.1 Å². The molecule has 0 fully saturated rings. The van der Waals surface area contributed by atoms with E-state index in [1.165, 1.54) is 13.0 Å². The maximum atomic E-state index is 10.8. The zero-order valence-electron chi connectivity index (χ0n) is 7.99. The van der Waals surface area contributed by atoms with E-state index in [1.807, 2.05) is 24.3 Å². The average Bonchev–Trinajstić information content (AvgIpc) is 2.16. The highest BCUT2D eigenvalue weighted by atomic mass is 16.2. The van der Waals surface area contributed by atoms with Crippen LogP contribution in [0.4, 0.5) is 5.69 Å². The number of anilines is 1. The lowest BCUT2D eigenvalue weighted by Gasteiger charge is -2.06. The maximum absolute atomic E-state index is 10.8. The molecule has 0 aromatic heterocycles. The van der Waals surface area contributed by atoms with Crippen molar-refractivity contribution in [2.75, 3.05) is 5.32 Å². The summed E-state index contributed by atoms with van der Waals surface area (Å²) in [6.07, 6.45) is 2.81. The molecule has 0 aliphatic carbocycles. The van der Waals surface area contributed by atoms with Crippen molar-refractivity contribution in [3.8, 4) is 0 Å². The van der Waals surface area contributed by atoms with Crippen LogP contribution in [0.2, 0.25) is 0 Å². The second-order valence-electron chi connectivity index (χ2n) is 2.91. The number of para-hydroxylation sites is 1. The van der Waals surface area contributed by atoms with Crippen molar-refractivity contribution in [3.05, 3.63) is 42.2 Å². The molecule has 0 bridgehead atoms. The molecule has 1 amide bonds. The third kappa shape index (κ3) is 2.94. The van der Waals surface area contributed by atoms with Crippen LogP contribution in [-0.4, -0.2) is 5.91 Å². The Kier molecular flexibility index (Phi) is 3.73. The zero-order valence-corrected chi connectivity index (χ0v) is 7.99. The molecular weight excluding hydrogens is 178 g/mol. The van der Waals surface area contributed by atoms with Gasteiger partial charge >= 0.3 is 0 Å². The molecule has 0 saturated carbocycles. The van der Waals surface area contributed by atoms with Crippen LogP contribution in [0, 0.1) is 0 Å². The van der Waals surface area contributed by atoms with Crippen molar-refractivity contribution >= 4 is 11.6 Å². The van der Waals surface area contributed by atoms with Gasteiger partial charge in [0.25, 0.3) is 0 Å². The summed E-state index contributed by atoms with van der Waals surface area (Å²) in [7, 11) is 0. The number of benzene rings is 1. The maximum Gasteiger partial charge on any atom is 0.221 e. The standard InChI is InChI=1S/C11H12NO2/c1-9(14)12-11-7-3-2-5-10(11)6-4-8-13/h2-5,7-8H,6H2,1H3,(H,12,14). The summed E-state index contributed by atoms with van der Waals surface area (Å²) in [6, 6.07) is 7.41. The van der Waals surface area contributed by atoms with Crippen LogP contribution in [0.1, 0.15) is 12.5 Å². The number of carbonyl (C=O) groups excluding carboxylic acids is 1. The van der Waals surface area contributed by atoms with Gasteiger partial charge in [-0.05, 0) is 24.1 Å². The van der Waals surface area contributed by atoms with Crippen molar-refractivity contribution in [1.82, 2.24) is 0 Å². The summed E-state index contributed by atoms with van der Waals surface area (Å²) in [5.74, 6) is -0.108. The van der Waals surface area contributed by atoms with Crippen LogP contribution in [0.15, 0.2) is 36.6 Å². The molecule has 0 atom stereocenters. The second kappa shape index (κ2) is 5.07. The number of nitrogens with one attached hydrogen (secondary N) is 1. The monoisotopic (exact) mass is 190 g/mol. The lowest BCUT2D eigenvalue weighted by Crippen LogP contribution is -2.07. The van der Waals surface area contributed by atoms with Crippen LogP contribution < -0.4 is 5.32 Å². The summed E-state index contributed by atoms with van der Waals surface area (Å²) in [5.41, 5.74) is 1.70. The fourth-order valence-corrected chi connectivity index (χ4v) is 1.18. The first-order valence-corrected chi connectivity index (χ1v) is 4.36. The summed E-state index contributed by atoms with van der Waals surface area (Å²) in [5, 5.41) is 12.9. The van der Waals surface area contributed by atoms with Gasteiger partial charge in [0.15, 0.2) is 0 Å². The molecule has 0 saturated heterocycles. The van der Waals surface area contributed by atoms with Gasteiger partial charge in [0.2, 0.25) is 5.91 Å². The quantitative estimate of drug-likeness (QED) is 0.729. The number of hydrogen-bond acceptors (Lipinski definition) is 1. The number of amides is 1. The predicted molar refractivity (Wildman–Crippen MR) is 54.3 cm³/mol. The molecule has 1 rings (SSSR count). The molecule has 3 nitrogen and oxygen atoms in total. The fraction of sp³-hybridized carbons (Fsp3) is 0.182. The van der Waals surface area contributed by atoms with Gasteiger partial charge in [0.05, 0.1) is 0 Å². The van der Waals surface area contributed by atoms with E-state index < -0.39 is 0 Å². The van der Waals surface area contributed by atoms with Gasteiger partial charge in [-0.1, -0.05) is 18.2 Å². The Morgan fingerprint density at radius 3 is 2.79 bits per heavy atom. The summed E-state index contributed by atoms with van der Waals surface area (Å²) in [4.78, 5) is 10.8. The van der Waals surface area contributed by atoms with E-state index in [1.54, 1.807) is 0 Å². The minimum Gasteiger partial charge on any atom is -0.326 e. The van der Waals surface area contributed by atoms with Crippen molar-refractivity contribution in [3.63, 3.8) is 0 Å². The fourth-order valence-electron chi connectivity index (χ4n) is 1.18. The zero-order chi connectivity index (χ0) is 10.4. The largest absolute Gasteiger partial charge is 0.326 e. The van der Waals surface area contributed by atoms with Crippen molar-refractivity contribution in [1.29, 1.82) is 0 Å². The molecule has 0 unspecified atom stereocenters. The normalized spacial score (nSPS) is 10.4. The van der Waals surface area contributed by atoms with E-state index in [-0.39, 0.29) is 5.91 Å². The van der Waals surface area contributed by atoms with E-state index in [2.05, 4.69) is 5.32 Å². The first kappa shape index (κ1) is 10.3. The molecule has 1 N–H and O–H groups in total. The molecule has 0 spiro atoms. The van der Waals surface area contributed by atoms with E-state index in [9.17, 15) is 9.90 Å². The highest BCUT2D eigenvalue weighted by Gasteiger charge is 2.00. The number of carbonyl (C=O) groups is 1. The van der Waals surface area contributed by atoms with E-state index >= 15 is 0 Å². The number of allylic oxidation sites excluding steroid dienone is 1. The van der Waals surface area contributed by atoms with Crippen LogP contribution in [0.5, 0.6) is 0 Å². The topological polar surface area (TPSA) is 49.0 Å².